The van der Waals surface area contributed by atoms with Crippen LogP contribution in [-0.4, -0.2) is 59.9 Å². The Balaban J connectivity index is 1.57. The van der Waals surface area contributed by atoms with Gasteiger partial charge in [0.25, 0.3) is 0 Å². The summed E-state index contributed by atoms with van der Waals surface area (Å²) in [5, 5.41) is 6.78. The molecule has 9 nitrogen and oxygen atoms in total. The number of ether oxygens (including phenoxy) is 2. The molecule has 9 heteroatoms. The highest BCUT2D eigenvalue weighted by atomic mass is 16.6. The molecule has 0 spiro atoms. The molecule has 4 rings (SSSR count). The molecule has 2 N–H and O–H groups in total. The van der Waals surface area contributed by atoms with Crippen molar-refractivity contribution in [2.24, 2.45) is 0 Å². The first-order chi connectivity index (χ1) is 17.6. The lowest BCUT2D eigenvalue weighted by atomic mass is 10.1. The number of aromatic nitrogens is 2. The highest BCUT2D eigenvalue weighted by molar-refractivity contribution is 5.69. The van der Waals surface area contributed by atoms with Crippen LogP contribution in [0.3, 0.4) is 0 Å². The Morgan fingerprint density at radius 1 is 0.919 bits per heavy atom. The molecule has 1 aromatic heterocycles. The van der Waals surface area contributed by atoms with Crippen LogP contribution in [0, 0.1) is 13.8 Å². The minimum Gasteiger partial charge on any atom is -0.497 e. The molecular formula is C28H36N6O3. The third-order valence-corrected chi connectivity index (χ3v) is 5.97. The summed E-state index contributed by atoms with van der Waals surface area (Å²) in [7, 11) is 1.64. The zero-order valence-electron chi connectivity index (χ0n) is 22.5. The number of nitrogens with one attached hydrogen (secondary N) is 2. The number of carbonyl (C=O) groups excluding carboxylic acids is 1. The quantitative estimate of drug-likeness (QED) is 0.445. The summed E-state index contributed by atoms with van der Waals surface area (Å²) in [6, 6.07) is 15.9. The second kappa shape index (κ2) is 10.9. The number of nitrogens with zero attached hydrogens (tertiary/aromatic N) is 4. The number of piperazine rings is 1. The van der Waals surface area contributed by atoms with Gasteiger partial charge in [0.2, 0.25) is 5.95 Å². The Morgan fingerprint density at radius 3 is 2.27 bits per heavy atom. The molecule has 2 aromatic carbocycles. The number of benzene rings is 2. The van der Waals surface area contributed by atoms with Crippen LogP contribution < -0.4 is 20.3 Å². The van der Waals surface area contributed by atoms with E-state index in [1.807, 2.05) is 51.1 Å². The summed E-state index contributed by atoms with van der Waals surface area (Å²) < 4.78 is 10.8. The molecule has 0 atom stereocenters. The lowest BCUT2D eigenvalue weighted by Crippen LogP contribution is -2.50. The Kier molecular flexibility index (Phi) is 7.71. The number of carbonyl (C=O) groups is 1. The smallest absolute Gasteiger partial charge is 0.410 e. The van der Waals surface area contributed by atoms with Crippen molar-refractivity contribution >= 4 is 35.1 Å². The highest BCUT2D eigenvalue weighted by Gasteiger charge is 2.27. The van der Waals surface area contributed by atoms with Crippen LogP contribution in [0.15, 0.2) is 48.5 Å². The summed E-state index contributed by atoms with van der Waals surface area (Å²) in [5.74, 6) is 2.72. The first-order valence-corrected chi connectivity index (χ1v) is 12.5. The summed E-state index contributed by atoms with van der Waals surface area (Å²) in [5.41, 5.74) is 3.62. The van der Waals surface area contributed by atoms with E-state index in [-0.39, 0.29) is 6.09 Å². The van der Waals surface area contributed by atoms with Gasteiger partial charge < -0.3 is 29.9 Å². The normalized spacial score (nSPS) is 13.8. The molecule has 196 valence electrons. The van der Waals surface area contributed by atoms with Gasteiger partial charge in [-0.25, -0.2) is 4.79 Å². The SMILES string of the molecule is COc1ccc(Nc2nc(Nc3cc(C)ccc3C)cc(N3CCN(C(=O)OC(C)(C)C)CC3)n2)cc1. The van der Waals surface area contributed by atoms with Crippen LogP contribution in [0.4, 0.5) is 33.8 Å². The van der Waals surface area contributed by atoms with E-state index in [1.165, 1.54) is 0 Å². The molecule has 37 heavy (non-hydrogen) atoms. The van der Waals surface area contributed by atoms with Crippen molar-refractivity contribution in [2.45, 2.75) is 40.2 Å². The van der Waals surface area contributed by atoms with E-state index in [2.05, 4.69) is 47.6 Å². The molecule has 0 saturated carbocycles. The third kappa shape index (κ3) is 7.03. The second-order valence-electron chi connectivity index (χ2n) is 10.2. The highest BCUT2D eigenvalue weighted by Crippen LogP contribution is 2.27. The van der Waals surface area contributed by atoms with Crippen molar-refractivity contribution in [2.75, 3.05) is 48.8 Å². The first kappa shape index (κ1) is 26.1. The lowest BCUT2D eigenvalue weighted by molar-refractivity contribution is 0.0240. The average molecular weight is 505 g/mol. The number of aryl methyl sites for hydroxylation is 2. The summed E-state index contributed by atoms with van der Waals surface area (Å²) in [6.45, 7) is 12.2. The number of methoxy groups -OCH3 is 1. The van der Waals surface area contributed by atoms with Crippen LogP contribution in [0.25, 0.3) is 0 Å². The van der Waals surface area contributed by atoms with Crippen molar-refractivity contribution in [3.63, 3.8) is 0 Å². The van der Waals surface area contributed by atoms with Crippen molar-refractivity contribution in [1.82, 2.24) is 14.9 Å². The molecule has 1 aliphatic rings. The fourth-order valence-electron chi connectivity index (χ4n) is 3.97. The fraction of sp³-hybridized carbons (Fsp3) is 0.393. The van der Waals surface area contributed by atoms with Crippen LogP contribution in [0.5, 0.6) is 5.75 Å². The van der Waals surface area contributed by atoms with Gasteiger partial charge in [0, 0.05) is 43.6 Å². The van der Waals surface area contributed by atoms with E-state index in [4.69, 9.17) is 19.4 Å². The maximum atomic E-state index is 12.5. The summed E-state index contributed by atoms with van der Waals surface area (Å²) >= 11 is 0. The molecule has 3 aromatic rings. The maximum Gasteiger partial charge on any atom is 0.410 e. The largest absolute Gasteiger partial charge is 0.497 e. The van der Waals surface area contributed by atoms with Gasteiger partial charge in [-0.15, -0.1) is 0 Å². The van der Waals surface area contributed by atoms with Gasteiger partial charge >= 0.3 is 6.09 Å². The fourth-order valence-corrected chi connectivity index (χ4v) is 3.97. The number of hydrogen-bond acceptors (Lipinski definition) is 8. The van der Waals surface area contributed by atoms with E-state index < -0.39 is 5.60 Å². The Bertz CT molecular complexity index is 1230. The molecule has 2 heterocycles. The van der Waals surface area contributed by atoms with Gasteiger partial charge in [0.05, 0.1) is 7.11 Å². The molecule has 1 amide bonds. The van der Waals surface area contributed by atoms with Crippen LogP contribution in [-0.2, 0) is 4.74 Å². The molecule has 1 saturated heterocycles. The van der Waals surface area contributed by atoms with Crippen molar-refractivity contribution in [1.29, 1.82) is 0 Å². The van der Waals surface area contributed by atoms with E-state index >= 15 is 0 Å². The number of hydrogen-bond donors (Lipinski definition) is 2. The zero-order valence-corrected chi connectivity index (χ0v) is 22.5. The van der Waals surface area contributed by atoms with Crippen molar-refractivity contribution in [3.8, 4) is 5.75 Å². The molecular weight excluding hydrogens is 468 g/mol. The van der Waals surface area contributed by atoms with Crippen LogP contribution >= 0.6 is 0 Å². The van der Waals surface area contributed by atoms with Gasteiger partial charge in [0.1, 0.15) is 23.0 Å². The average Bonchev–Trinajstić information content (AvgIpc) is 2.86. The topological polar surface area (TPSA) is 91.9 Å². The first-order valence-electron chi connectivity index (χ1n) is 12.5. The van der Waals surface area contributed by atoms with E-state index in [1.54, 1.807) is 12.0 Å². The Morgan fingerprint density at radius 2 is 1.62 bits per heavy atom. The number of anilines is 5. The number of amides is 1. The van der Waals surface area contributed by atoms with Gasteiger partial charge in [-0.3, -0.25) is 0 Å². The predicted octanol–water partition coefficient (Wildman–Crippen LogP) is 5.65. The predicted molar refractivity (Wildman–Crippen MR) is 148 cm³/mol. The van der Waals surface area contributed by atoms with Crippen LogP contribution in [0.1, 0.15) is 31.9 Å². The standard InChI is InChI=1S/C28H36N6O3/c1-19-7-8-20(2)23(17-19)30-24-18-25(32-26(31-24)29-21-9-11-22(36-6)12-10-21)33-13-15-34(16-14-33)27(35)37-28(3,4)5/h7-12,17-18H,13-16H2,1-6H3,(H2,29,30,31,32). The van der Waals surface area contributed by atoms with E-state index in [0.29, 0.717) is 37.9 Å². The minimum atomic E-state index is -0.516. The van der Waals surface area contributed by atoms with Gasteiger partial charge in [0.15, 0.2) is 0 Å². The molecule has 1 aliphatic heterocycles. The monoisotopic (exact) mass is 504 g/mol. The maximum absolute atomic E-state index is 12.5. The van der Waals surface area contributed by atoms with Crippen molar-refractivity contribution in [3.05, 3.63) is 59.7 Å². The second-order valence-corrected chi connectivity index (χ2v) is 10.2. The summed E-state index contributed by atoms with van der Waals surface area (Å²) in [4.78, 5) is 26.0. The van der Waals surface area contributed by atoms with Crippen molar-refractivity contribution < 1.29 is 14.3 Å². The Hall–Kier alpha value is -4.01. The van der Waals surface area contributed by atoms with Gasteiger partial charge in [-0.2, -0.15) is 9.97 Å². The van der Waals surface area contributed by atoms with Gasteiger partial charge in [-0.1, -0.05) is 12.1 Å². The molecule has 0 bridgehead atoms. The lowest BCUT2D eigenvalue weighted by Gasteiger charge is -2.36. The summed E-state index contributed by atoms with van der Waals surface area (Å²) in [6.07, 6.45) is -0.283. The van der Waals surface area contributed by atoms with E-state index in [0.717, 1.165) is 34.1 Å². The molecule has 0 aliphatic carbocycles. The van der Waals surface area contributed by atoms with E-state index in [9.17, 15) is 4.79 Å². The van der Waals surface area contributed by atoms with Gasteiger partial charge in [-0.05, 0) is 76.1 Å². The van der Waals surface area contributed by atoms with Crippen LogP contribution in [0.2, 0.25) is 0 Å². The Labute approximate surface area is 218 Å². The molecule has 0 unspecified atom stereocenters. The minimum absolute atomic E-state index is 0.283. The molecule has 0 radical (unpaired) electrons. The number of rotatable bonds is 6. The molecule has 1 fully saturated rings. The third-order valence-electron chi connectivity index (χ3n) is 5.97. The zero-order chi connectivity index (χ0) is 26.6.